The van der Waals surface area contributed by atoms with Crippen molar-refractivity contribution in [2.24, 2.45) is 10.9 Å². The summed E-state index contributed by atoms with van der Waals surface area (Å²) in [7, 11) is 0. The quantitative estimate of drug-likeness (QED) is 0.674. The van der Waals surface area contributed by atoms with Crippen LogP contribution in [0.25, 0.3) is 0 Å². The summed E-state index contributed by atoms with van der Waals surface area (Å²) < 4.78 is 0. The molecule has 1 atom stereocenters. The lowest BCUT2D eigenvalue weighted by atomic mass is 9.87. The summed E-state index contributed by atoms with van der Waals surface area (Å²) in [5, 5.41) is 3.41. The van der Waals surface area contributed by atoms with Gasteiger partial charge in [0.2, 0.25) is 0 Å². The van der Waals surface area contributed by atoms with E-state index in [9.17, 15) is 0 Å². The number of fused-ring (bicyclic) bond motifs is 1. The second kappa shape index (κ2) is 4.40. The van der Waals surface area contributed by atoms with Gasteiger partial charge in [-0.25, -0.2) is 4.99 Å². The molecule has 2 heterocycles. The van der Waals surface area contributed by atoms with Crippen LogP contribution in [-0.2, 0) is 0 Å². The van der Waals surface area contributed by atoms with Crippen LogP contribution in [0.15, 0.2) is 39.4 Å². The fraction of sp³-hybridized carbons (Fsp3) is 0.462. The Bertz CT molecular complexity index is 385. The molecule has 2 aliphatic heterocycles. The van der Waals surface area contributed by atoms with Gasteiger partial charge in [0.05, 0.1) is 11.0 Å². The van der Waals surface area contributed by atoms with Crippen LogP contribution in [-0.4, -0.2) is 5.04 Å². The average molecular weight is 219 g/mol. The van der Waals surface area contributed by atoms with E-state index in [1.807, 2.05) is 0 Å². The Kier molecular flexibility index (Phi) is 3.15. The molecule has 0 aromatic carbocycles. The van der Waals surface area contributed by atoms with Crippen molar-refractivity contribution in [3.05, 3.63) is 34.4 Å². The molecule has 0 aromatic rings. The van der Waals surface area contributed by atoms with Crippen molar-refractivity contribution in [3.8, 4) is 0 Å². The van der Waals surface area contributed by atoms with Crippen LogP contribution in [0.1, 0.15) is 33.6 Å². The van der Waals surface area contributed by atoms with Crippen LogP contribution in [0, 0.1) is 5.92 Å². The van der Waals surface area contributed by atoms with Gasteiger partial charge in [0.1, 0.15) is 0 Å². The van der Waals surface area contributed by atoms with Gasteiger partial charge in [0.25, 0.3) is 0 Å². The lowest BCUT2D eigenvalue weighted by Gasteiger charge is -2.23. The Morgan fingerprint density at radius 2 is 2.33 bits per heavy atom. The maximum atomic E-state index is 4.70. The van der Waals surface area contributed by atoms with E-state index in [1.165, 1.54) is 28.3 Å². The highest BCUT2D eigenvalue weighted by atomic mass is 32.2. The average Bonchev–Trinajstić information content (AvgIpc) is 2.66. The summed E-state index contributed by atoms with van der Waals surface area (Å²) >= 11 is 1.76. The van der Waals surface area contributed by atoms with E-state index in [0.717, 1.165) is 6.42 Å². The first-order chi connectivity index (χ1) is 7.27. The summed E-state index contributed by atoms with van der Waals surface area (Å²) in [6.07, 6.45) is 6.86. The van der Waals surface area contributed by atoms with Gasteiger partial charge < -0.3 is 0 Å². The Morgan fingerprint density at radius 3 is 3.00 bits per heavy atom. The number of rotatable bonds is 2. The van der Waals surface area contributed by atoms with Crippen molar-refractivity contribution in [2.45, 2.75) is 33.6 Å². The smallest absolute Gasteiger partial charge is 0.0889 e. The molecule has 0 amide bonds. The Hall–Kier alpha value is -0.760. The molecule has 0 bridgehead atoms. The van der Waals surface area contributed by atoms with Crippen molar-refractivity contribution in [3.63, 3.8) is 0 Å². The lowest BCUT2D eigenvalue weighted by molar-refractivity contribution is 0.850. The highest BCUT2D eigenvalue weighted by Gasteiger charge is 2.28. The first kappa shape index (κ1) is 10.7. The van der Waals surface area contributed by atoms with E-state index in [-0.39, 0.29) is 0 Å². The molecule has 0 aliphatic carbocycles. The molecule has 15 heavy (non-hydrogen) atoms. The van der Waals surface area contributed by atoms with E-state index >= 15 is 0 Å². The standard InChI is InChI=1S/C13H17NS/c1-4-6-11-9(3)14-13-12(7-8-15-13)10(11)5-2/h5,7-8,12H,4,6H2,1-3H3/b10-5-. The number of aliphatic imine (C=N–C) groups is 1. The third-order valence-electron chi connectivity index (χ3n) is 2.94. The van der Waals surface area contributed by atoms with Gasteiger partial charge in [-0.15, -0.1) is 0 Å². The largest absolute Gasteiger partial charge is 0.250 e. The monoisotopic (exact) mass is 219 g/mol. The van der Waals surface area contributed by atoms with Crippen LogP contribution in [0.5, 0.6) is 0 Å². The number of hydrogen-bond donors (Lipinski definition) is 0. The van der Waals surface area contributed by atoms with Gasteiger partial charge in [0.15, 0.2) is 0 Å². The molecule has 2 heteroatoms. The third-order valence-corrected chi connectivity index (χ3v) is 3.81. The molecule has 0 saturated carbocycles. The van der Waals surface area contributed by atoms with Gasteiger partial charge in [-0.3, -0.25) is 0 Å². The van der Waals surface area contributed by atoms with Crippen molar-refractivity contribution in [1.82, 2.24) is 0 Å². The number of nitrogens with zero attached hydrogens (tertiary/aromatic N) is 1. The van der Waals surface area contributed by atoms with Gasteiger partial charge in [0, 0.05) is 5.70 Å². The fourth-order valence-electron chi connectivity index (χ4n) is 2.23. The molecule has 0 N–H and O–H groups in total. The summed E-state index contributed by atoms with van der Waals surface area (Å²) in [6.45, 7) is 6.50. The molecule has 0 spiro atoms. The zero-order valence-electron chi connectivity index (χ0n) is 9.58. The molecule has 0 radical (unpaired) electrons. The summed E-state index contributed by atoms with van der Waals surface area (Å²) in [6, 6.07) is 0. The molecule has 2 rings (SSSR count). The Morgan fingerprint density at radius 1 is 1.53 bits per heavy atom. The van der Waals surface area contributed by atoms with Crippen molar-refractivity contribution < 1.29 is 0 Å². The molecule has 80 valence electrons. The maximum Gasteiger partial charge on any atom is 0.0889 e. The topological polar surface area (TPSA) is 12.4 Å². The fourth-order valence-corrected chi connectivity index (χ4v) is 3.15. The van der Waals surface area contributed by atoms with Crippen molar-refractivity contribution in [1.29, 1.82) is 0 Å². The summed E-state index contributed by atoms with van der Waals surface area (Å²) in [4.78, 5) is 4.70. The molecular weight excluding hydrogens is 202 g/mol. The van der Waals surface area contributed by atoms with Crippen LogP contribution in [0.2, 0.25) is 0 Å². The molecular formula is C13H17NS. The first-order valence-electron chi connectivity index (χ1n) is 5.56. The third kappa shape index (κ3) is 1.83. The first-order valence-corrected chi connectivity index (χ1v) is 6.44. The van der Waals surface area contributed by atoms with E-state index in [2.05, 4.69) is 38.3 Å². The minimum atomic E-state index is 0.449. The maximum absolute atomic E-state index is 4.70. The van der Waals surface area contributed by atoms with Crippen LogP contribution in [0.4, 0.5) is 0 Å². The highest BCUT2D eigenvalue weighted by molar-refractivity contribution is 8.16. The minimum absolute atomic E-state index is 0.449. The highest BCUT2D eigenvalue weighted by Crippen LogP contribution is 2.40. The van der Waals surface area contributed by atoms with Gasteiger partial charge in [-0.05, 0) is 36.8 Å². The Labute approximate surface area is 96.1 Å². The molecule has 0 saturated heterocycles. The van der Waals surface area contributed by atoms with Crippen molar-refractivity contribution >= 4 is 16.8 Å². The van der Waals surface area contributed by atoms with Crippen LogP contribution in [0.3, 0.4) is 0 Å². The Balaban J connectivity index is 2.42. The van der Waals surface area contributed by atoms with Gasteiger partial charge in [-0.1, -0.05) is 37.3 Å². The van der Waals surface area contributed by atoms with E-state index in [1.54, 1.807) is 11.8 Å². The van der Waals surface area contributed by atoms with Crippen molar-refractivity contribution in [2.75, 3.05) is 0 Å². The predicted molar refractivity (Wildman–Crippen MR) is 69.0 cm³/mol. The second-order valence-corrected chi connectivity index (χ2v) is 4.86. The van der Waals surface area contributed by atoms with Crippen LogP contribution >= 0.6 is 11.8 Å². The number of thioether (sulfide) groups is 1. The summed E-state index contributed by atoms with van der Waals surface area (Å²) in [5.74, 6) is 0.449. The normalized spacial score (nSPS) is 27.3. The predicted octanol–water partition coefficient (Wildman–Crippen LogP) is 4.30. The zero-order chi connectivity index (χ0) is 10.8. The van der Waals surface area contributed by atoms with Crippen LogP contribution < -0.4 is 0 Å². The molecule has 0 aromatic heterocycles. The number of allylic oxidation sites excluding steroid dienone is 5. The molecule has 0 fully saturated rings. The lowest BCUT2D eigenvalue weighted by Crippen LogP contribution is -2.15. The SMILES string of the molecule is C/C=C1/C(CCC)=C(C)N=C2SC=CC21. The van der Waals surface area contributed by atoms with Gasteiger partial charge in [-0.2, -0.15) is 0 Å². The van der Waals surface area contributed by atoms with Gasteiger partial charge >= 0.3 is 0 Å². The molecule has 2 aliphatic rings. The molecule has 1 nitrogen and oxygen atoms in total. The number of hydrogen-bond acceptors (Lipinski definition) is 2. The van der Waals surface area contributed by atoms with E-state index < -0.39 is 0 Å². The van der Waals surface area contributed by atoms with E-state index in [0.29, 0.717) is 5.92 Å². The zero-order valence-corrected chi connectivity index (χ0v) is 10.4. The van der Waals surface area contributed by atoms with E-state index in [4.69, 9.17) is 4.99 Å². The summed E-state index contributed by atoms with van der Waals surface area (Å²) in [5.41, 5.74) is 4.15. The minimum Gasteiger partial charge on any atom is -0.250 e. The molecule has 1 unspecified atom stereocenters. The second-order valence-electron chi connectivity index (χ2n) is 3.93.